The van der Waals surface area contributed by atoms with Gasteiger partial charge in [0.1, 0.15) is 0 Å². The van der Waals surface area contributed by atoms with Crippen LogP contribution in [0, 0.1) is 6.42 Å². The Kier molecular flexibility index (Phi) is 13.5. The van der Waals surface area contributed by atoms with E-state index in [9.17, 15) is 0 Å². The van der Waals surface area contributed by atoms with Crippen LogP contribution in [-0.4, -0.2) is 22.2 Å². The Morgan fingerprint density at radius 2 is 1.39 bits per heavy atom. The smallest absolute Gasteiger partial charge is 1.00 e. The Morgan fingerprint density at radius 3 is 1.96 bits per heavy atom. The van der Waals surface area contributed by atoms with Crippen molar-refractivity contribution in [3.8, 4) is 0 Å². The van der Waals surface area contributed by atoms with Crippen LogP contribution in [0.5, 0.6) is 0 Å². The zero-order valence-corrected chi connectivity index (χ0v) is 16.1. The summed E-state index contributed by atoms with van der Waals surface area (Å²) < 4.78 is 0. The van der Waals surface area contributed by atoms with E-state index in [2.05, 4.69) is 6.42 Å². The van der Waals surface area contributed by atoms with Crippen molar-refractivity contribution in [1.29, 1.82) is 0 Å². The van der Waals surface area contributed by atoms with Crippen molar-refractivity contribution in [2.75, 3.05) is 0 Å². The van der Waals surface area contributed by atoms with E-state index in [1.165, 1.54) is 51.4 Å². The largest absolute Gasteiger partial charge is 2.00 e. The van der Waals surface area contributed by atoms with Crippen LogP contribution in [0.1, 0.15) is 65.2 Å². The first-order valence-electron chi connectivity index (χ1n) is 7.57. The second kappa shape index (κ2) is 12.7. The maximum Gasteiger partial charge on any atom is 2.00 e. The third-order valence-electron chi connectivity index (χ3n) is 3.76. The fourth-order valence-corrected chi connectivity index (χ4v) is 3.12. The Balaban J connectivity index is 0. The van der Waals surface area contributed by atoms with E-state index in [0.29, 0.717) is 0 Å². The van der Waals surface area contributed by atoms with Gasteiger partial charge in [0.05, 0.1) is 0 Å². The molecule has 0 saturated heterocycles. The van der Waals surface area contributed by atoms with E-state index in [1.807, 2.05) is 0 Å². The maximum absolute atomic E-state index is 9.00. The molecule has 0 heterocycles. The molecule has 0 aromatic carbocycles. The van der Waals surface area contributed by atoms with Gasteiger partial charge in [-0.1, -0.05) is 24.8 Å². The summed E-state index contributed by atoms with van der Waals surface area (Å²) in [7, 11) is 0. The van der Waals surface area contributed by atoms with Crippen molar-refractivity contribution < 1.29 is 53.9 Å². The fourth-order valence-electron chi connectivity index (χ4n) is 3.12. The van der Waals surface area contributed by atoms with Gasteiger partial charge in [-0.3, -0.25) is 9.59 Å². The molecular formula is C17H25ClO4Ti. The van der Waals surface area contributed by atoms with Crippen molar-refractivity contribution in [1.82, 2.24) is 0 Å². The Morgan fingerprint density at radius 1 is 0.913 bits per heavy atom. The summed E-state index contributed by atoms with van der Waals surface area (Å²) in [5.74, 6) is -1.67. The van der Waals surface area contributed by atoms with Gasteiger partial charge in [0.2, 0.25) is 0 Å². The molecule has 0 fully saturated rings. The van der Waals surface area contributed by atoms with E-state index in [0.717, 1.165) is 13.8 Å². The summed E-state index contributed by atoms with van der Waals surface area (Å²) in [5, 5.41) is 14.8. The Labute approximate surface area is 159 Å². The van der Waals surface area contributed by atoms with Gasteiger partial charge in [-0.25, -0.2) is 12.0 Å². The van der Waals surface area contributed by atoms with Crippen LogP contribution in [0.4, 0.5) is 0 Å². The summed E-state index contributed by atoms with van der Waals surface area (Å²) in [6, 6.07) is 0. The molecule has 0 aromatic rings. The fraction of sp³-hybridized carbons (Fsp3) is 0.588. The predicted molar refractivity (Wildman–Crippen MR) is 81.9 cm³/mol. The number of halogens is 1. The SMILES string of the molecule is CC(=O)O.CC(=O)O.[CH-]1CCCC2=C1CC1=C2CCCC1.[Cl-].[Ti+2]. The maximum atomic E-state index is 9.00. The molecule has 4 nitrogen and oxygen atoms in total. The number of carboxylic acids is 2. The standard InChI is InChI=1S/C13H17.2C2H4O2.ClH.Ti/c1-3-7-12-10(5-1)9-11-6-2-4-8-13(11)12;2*1-2(3)4;;/h5H,1-4,6-9H2;2*1H3,(H,3,4);1H;/q-1;;;;+2/p-1. The molecule has 0 spiro atoms. The number of carboxylic acid groups (broad SMARTS) is 2. The summed E-state index contributed by atoms with van der Waals surface area (Å²) in [5.41, 5.74) is 7.06. The summed E-state index contributed by atoms with van der Waals surface area (Å²) in [6.07, 6.45) is 13.6. The number of allylic oxidation sites excluding steroid dienone is 4. The van der Waals surface area contributed by atoms with Crippen LogP contribution in [0.3, 0.4) is 0 Å². The predicted octanol–water partition coefficient (Wildman–Crippen LogP) is 1.13. The van der Waals surface area contributed by atoms with Crippen LogP contribution in [0.25, 0.3) is 0 Å². The average molecular weight is 377 g/mol. The third-order valence-corrected chi connectivity index (χ3v) is 3.76. The molecule has 3 rings (SSSR count). The van der Waals surface area contributed by atoms with Gasteiger partial charge in [0.15, 0.2) is 0 Å². The van der Waals surface area contributed by atoms with Crippen molar-refractivity contribution >= 4 is 11.9 Å². The molecule has 0 unspecified atom stereocenters. The van der Waals surface area contributed by atoms with Crippen LogP contribution in [0.2, 0.25) is 0 Å². The third kappa shape index (κ3) is 9.24. The molecule has 0 saturated carbocycles. The van der Waals surface area contributed by atoms with Gasteiger partial charge < -0.3 is 22.6 Å². The van der Waals surface area contributed by atoms with Gasteiger partial charge in [-0.05, 0) is 25.7 Å². The monoisotopic (exact) mass is 376 g/mol. The topological polar surface area (TPSA) is 74.6 Å². The average Bonchev–Trinajstić information content (AvgIpc) is 2.76. The van der Waals surface area contributed by atoms with Crippen LogP contribution >= 0.6 is 0 Å². The van der Waals surface area contributed by atoms with Gasteiger partial charge in [0.25, 0.3) is 11.9 Å². The number of rotatable bonds is 0. The molecule has 3 aliphatic carbocycles. The van der Waals surface area contributed by atoms with Crippen LogP contribution in [-0.2, 0) is 31.3 Å². The number of fused-ring (bicyclic) bond motifs is 1. The number of hydrogen-bond acceptors (Lipinski definition) is 2. The van der Waals surface area contributed by atoms with E-state index < -0.39 is 11.9 Å². The molecule has 6 heteroatoms. The summed E-state index contributed by atoms with van der Waals surface area (Å²) in [6.45, 7) is 2.17. The van der Waals surface area contributed by atoms with E-state index in [1.54, 1.807) is 22.3 Å². The first-order valence-corrected chi connectivity index (χ1v) is 7.57. The van der Waals surface area contributed by atoms with Gasteiger partial charge in [0, 0.05) is 13.8 Å². The molecule has 0 aliphatic heterocycles. The molecule has 0 aromatic heterocycles. The van der Waals surface area contributed by atoms with Crippen molar-refractivity contribution in [3.05, 3.63) is 28.7 Å². The normalized spacial score (nSPS) is 17.5. The Hall–Kier alpha value is -0.706. The molecule has 0 bridgehead atoms. The minimum atomic E-state index is -0.833. The molecular weight excluding hydrogens is 352 g/mol. The molecule has 0 atom stereocenters. The van der Waals surface area contributed by atoms with Crippen molar-refractivity contribution in [2.24, 2.45) is 0 Å². The zero-order valence-electron chi connectivity index (χ0n) is 13.8. The first kappa shape index (κ1) is 24.5. The molecule has 0 radical (unpaired) electrons. The van der Waals surface area contributed by atoms with E-state index in [-0.39, 0.29) is 34.1 Å². The molecule has 0 amide bonds. The minimum Gasteiger partial charge on any atom is -1.00 e. The van der Waals surface area contributed by atoms with Crippen LogP contribution in [0.15, 0.2) is 22.3 Å². The second-order valence-electron chi connectivity index (χ2n) is 5.60. The molecule has 2 N–H and O–H groups in total. The summed E-state index contributed by atoms with van der Waals surface area (Å²) in [4.78, 5) is 18.0. The van der Waals surface area contributed by atoms with Crippen LogP contribution < -0.4 is 12.4 Å². The number of aliphatic carboxylic acids is 2. The van der Waals surface area contributed by atoms with Gasteiger partial charge in [-0.15, -0.1) is 12.0 Å². The molecule has 23 heavy (non-hydrogen) atoms. The number of carbonyl (C=O) groups is 2. The van der Waals surface area contributed by atoms with Gasteiger partial charge >= 0.3 is 21.7 Å². The van der Waals surface area contributed by atoms with E-state index >= 15 is 0 Å². The van der Waals surface area contributed by atoms with Gasteiger partial charge in [-0.2, -0.15) is 5.57 Å². The second-order valence-corrected chi connectivity index (χ2v) is 5.60. The first-order chi connectivity index (χ1) is 9.91. The van der Waals surface area contributed by atoms with Crippen molar-refractivity contribution in [2.45, 2.75) is 65.2 Å². The van der Waals surface area contributed by atoms with Crippen molar-refractivity contribution in [3.63, 3.8) is 0 Å². The molecule has 128 valence electrons. The number of hydrogen-bond donors (Lipinski definition) is 2. The zero-order chi connectivity index (χ0) is 15.8. The minimum absolute atomic E-state index is 0. The van der Waals surface area contributed by atoms with E-state index in [4.69, 9.17) is 19.8 Å². The quantitative estimate of drug-likeness (QED) is 0.491. The molecule has 3 aliphatic rings. The Bertz CT molecular complexity index is 419. The summed E-state index contributed by atoms with van der Waals surface area (Å²) >= 11 is 0.